The van der Waals surface area contributed by atoms with Crippen molar-refractivity contribution in [2.75, 3.05) is 5.32 Å². The number of benzene rings is 3. The molecule has 0 radical (unpaired) electrons. The van der Waals surface area contributed by atoms with Crippen LogP contribution in [0.2, 0.25) is 10.0 Å². The molecule has 0 fully saturated rings. The van der Waals surface area contributed by atoms with Crippen LogP contribution in [-0.4, -0.2) is 15.7 Å². The highest BCUT2D eigenvalue weighted by atomic mass is 35.5. The molecule has 1 N–H and O–H groups in total. The molecule has 168 valence electrons. The third-order valence-electron chi connectivity index (χ3n) is 4.70. The summed E-state index contributed by atoms with van der Waals surface area (Å²) in [5.41, 5.74) is -0.200. The molecule has 10 heteroatoms. The van der Waals surface area contributed by atoms with E-state index in [2.05, 4.69) is 10.4 Å². The second kappa shape index (κ2) is 8.88. The summed E-state index contributed by atoms with van der Waals surface area (Å²) < 4.78 is 55.1. The van der Waals surface area contributed by atoms with E-state index in [4.69, 9.17) is 23.2 Å². The fourth-order valence-electron chi connectivity index (χ4n) is 3.11. The van der Waals surface area contributed by atoms with Gasteiger partial charge in [-0.25, -0.2) is 9.07 Å². The summed E-state index contributed by atoms with van der Waals surface area (Å²) in [5.74, 6) is -1.30. The van der Waals surface area contributed by atoms with Gasteiger partial charge in [0.25, 0.3) is 5.91 Å². The summed E-state index contributed by atoms with van der Waals surface area (Å²) in [5, 5.41) is 6.52. The average molecular weight is 494 g/mol. The van der Waals surface area contributed by atoms with Crippen molar-refractivity contribution in [3.05, 3.63) is 99.9 Å². The maximum Gasteiger partial charge on any atom is 0.435 e. The van der Waals surface area contributed by atoms with Gasteiger partial charge in [0, 0.05) is 16.1 Å². The molecule has 0 saturated carbocycles. The lowest BCUT2D eigenvalue weighted by Crippen LogP contribution is -2.12. The SMILES string of the molecule is O=C(Nc1ccc(Cl)cc1F)c1ccc(-c2cc(C(F)(F)F)nn2-c2ccccc2Cl)cc1. The molecular weight excluding hydrogens is 481 g/mol. The maximum atomic E-state index is 13.9. The first-order valence-electron chi connectivity index (χ1n) is 9.42. The normalized spacial score (nSPS) is 11.5. The molecular formula is C23H13Cl2F4N3O. The number of carbonyl (C=O) groups excluding carboxylic acids is 1. The Hall–Kier alpha value is -3.36. The lowest BCUT2D eigenvalue weighted by molar-refractivity contribution is -0.141. The van der Waals surface area contributed by atoms with Crippen LogP contribution in [0.3, 0.4) is 0 Å². The molecule has 1 amide bonds. The zero-order valence-corrected chi connectivity index (χ0v) is 18.0. The Labute approximate surface area is 195 Å². The van der Waals surface area contributed by atoms with E-state index < -0.39 is 23.6 Å². The second-order valence-corrected chi connectivity index (χ2v) is 7.78. The Bertz CT molecular complexity index is 1330. The Kier molecular flexibility index (Phi) is 6.14. The fourth-order valence-corrected chi connectivity index (χ4v) is 3.48. The molecule has 0 saturated heterocycles. The highest BCUT2D eigenvalue weighted by Crippen LogP contribution is 2.34. The highest BCUT2D eigenvalue weighted by molar-refractivity contribution is 6.32. The molecule has 4 aromatic rings. The van der Waals surface area contributed by atoms with E-state index in [0.29, 0.717) is 5.56 Å². The van der Waals surface area contributed by atoms with Gasteiger partial charge >= 0.3 is 6.18 Å². The standard InChI is InChI=1S/C23H13Cl2F4N3O/c24-15-9-10-18(17(26)11-15)30-22(33)14-7-5-13(6-8-14)20-12-21(23(27,28)29)31-32(20)19-4-2-1-3-16(19)25/h1-12H,(H,30,33). The first kappa shape index (κ1) is 22.8. The van der Waals surface area contributed by atoms with Crippen LogP contribution < -0.4 is 5.32 Å². The molecule has 1 heterocycles. The second-order valence-electron chi connectivity index (χ2n) is 6.93. The summed E-state index contributed by atoms with van der Waals surface area (Å²) in [7, 11) is 0. The number of aromatic nitrogens is 2. The molecule has 0 bridgehead atoms. The van der Waals surface area contributed by atoms with Crippen LogP contribution in [0.1, 0.15) is 16.1 Å². The Balaban J connectivity index is 1.68. The first-order chi connectivity index (χ1) is 15.6. The summed E-state index contributed by atoms with van der Waals surface area (Å²) >= 11 is 11.9. The largest absolute Gasteiger partial charge is 0.435 e. The van der Waals surface area contributed by atoms with Crippen molar-refractivity contribution in [2.24, 2.45) is 0 Å². The minimum Gasteiger partial charge on any atom is -0.319 e. The number of amides is 1. The molecule has 0 aliphatic rings. The van der Waals surface area contributed by atoms with Gasteiger partial charge in [-0.1, -0.05) is 47.5 Å². The molecule has 0 aliphatic carbocycles. The maximum absolute atomic E-state index is 13.9. The zero-order chi connectivity index (χ0) is 23.8. The lowest BCUT2D eigenvalue weighted by Gasteiger charge is -2.10. The van der Waals surface area contributed by atoms with E-state index in [-0.39, 0.29) is 32.7 Å². The summed E-state index contributed by atoms with van der Waals surface area (Å²) in [6.45, 7) is 0. The van der Waals surface area contributed by atoms with Crippen molar-refractivity contribution < 1.29 is 22.4 Å². The van der Waals surface area contributed by atoms with Gasteiger partial charge in [-0.15, -0.1) is 0 Å². The molecule has 4 rings (SSSR count). The minimum atomic E-state index is -4.66. The molecule has 0 spiro atoms. The number of hydrogen-bond donors (Lipinski definition) is 1. The van der Waals surface area contributed by atoms with E-state index in [9.17, 15) is 22.4 Å². The molecule has 0 unspecified atom stereocenters. The summed E-state index contributed by atoms with van der Waals surface area (Å²) in [4.78, 5) is 12.5. The number of para-hydroxylation sites is 1. The lowest BCUT2D eigenvalue weighted by atomic mass is 10.1. The first-order valence-corrected chi connectivity index (χ1v) is 10.2. The van der Waals surface area contributed by atoms with Gasteiger partial charge in [0.15, 0.2) is 5.69 Å². The zero-order valence-electron chi connectivity index (χ0n) is 16.5. The van der Waals surface area contributed by atoms with E-state index in [1.165, 1.54) is 36.4 Å². The Morgan fingerprint density at radius 3 is 2.27 bits per heavy atom. The Morgan fingerprint density at radius 1 is 0.939 bits per heavy atom. The van der Waals surface area contributed by atoms with Gasteiger partial charge in [-0.2, -0.15) is 18.3 Å². The van der Waals surface area contributed by atoms with Crippen LogP contribution in [0.4, 0.5) is 23.2 Å². The van der Waals surface area contributed by atoms with Gasteiger partial charge in [-0.05, 0) is 48.5 Å². The quantitative estimate of drug-likeness (QED) is 0.304. The minimum absolute atomic E-state index is 0.0555. The van der Waals surface area contributed by atoms with E-state index in [1.807, 2.05) is 0 Å². The topological polar surface area (TPSA) is 46.9 Å². The van der Waals surface area contributed by atoms with Crippen molar-refractivity contribution in [1.29, 1.82) is 0 Å². The van der Waals surface area contributed by atoms with E-state index in [0.717, 1.165) is 16.8 Å². The fraction of sp³-hybridized carbons (Fsp3) is 0.0435. The predicted octanol–water partition coefficient (Wildman–Crippen LogP) is 7.26. The Morgan fingerprint density at radius 2 is 1.64 bits per heavy atom. The van der Waals surface area contributed by atoms with E-state index in [1.54, 1.807) is 24.3 Å². The number of nitrogens with one attached hydrogen (secondary N) is 1. The number of anilines is 1. The summed E-state index contributed by atoms with van der Waals surface area (Å²) in [6.07, 6.45) is -4.66. The van der Waals surface area contributed by atoms with Crippen molar-refractivity contribution in [3.63, 3.8) is 0 Å². The van der Waals surface area contributed by atoms with Gasteiger partial charge in [0.2, 0.25) is 0 Å². The van der Waals surface area contributed by atoms with Crippen molar-refractivity contribution >= 4 is 34.8 Å². The number of carbonyl (C=O) groups is 1. The number of halogens is 6. The van der Waals surface area contributed by atoms with Crippen LogP contribution in [0, 0.1) is 5.82 Å². The number of rotatable bonds is 4. The van der Waals surface area contributed by atoms with Crippen LogP contribution in [-0.2, 0) is 6.18 Å². The molecule has 1 aromatic heterocycles. The van der Waals surface area contributed by atoms with E-state index >= 15 is 0 Å². The molecule has 0 aliphatic heterocycles. The molecule has 0 atom stereocenters. The van der Waals surface area contributed by atoms with Crippen molar-refractivity contribution in [1.82, 2.24) is 9.78 Å². The van der Waals surface area contributed by atoms with Crippen LogP contribution >= 0.6 is 23.2 Å². The van der Waals surface area contributed by atoms with Crippen LogP contribution in [0.15, 0.2) is 72.8 Å². The van der Waals surface area contributed by atoms with Crippen LogP contribution in [0.5, 0.6) is 0 Å². The highest BCUT2D eigenvalue weighted by Gasteiger charge is 2.35. The number of hydrogen-bond acceptors (Lipinski definition) is 2. The van der Waals surface area contributed by atoms with Gasteiger partial charge < -0.3 is 5.32 Å². The smallest absolute Gasteiger partial charge is 0.319 e. The van der Waals surface area contributed by atoms with Gasteiger partial charge in [0.05, 0.1) is 22.1 Å². The number of nitrogens with zero attached hydrogens (tertiary/aromatic N) is 2. The van der Waals surface area contributed by atoms with Gasteiger partial charge in [-0.3, -0.25) is 4.79 Å². The third-order valence-corrected chi connectivity index (χ3v) is 5.26. The van der Waals surface area contributed by atoms with Gasteiger partial charge in [0.1, 0.15) is 5.82 Å². The molecule has 4 nitrogen and oxygen atoms in total. The monoisotopic (exact) mass is 493 g/mol. The van der Waals surface area contributed by atoms with Crippen molar-refractivity contribution in [3.8, 4) is 16.9 Å². The predicted molar refractivity (Wildman–Crippen MR) is 118 cm³/mol. The summed E-state index contributed by atoms with van der Waals surface area (Å²) in [6, 6.07) is 16.8. The molecule has 33 heavy (non-hydrogen) atoms. The number of alkyl halides is 3. The third kappa shape index (κ3) is 4.86. The van der Waals surface area contributed by atoms with Crippen molar-refractivity contribution in [2.45, 2.75) is 6.18 Å². The molecule has 3 aromatic carbocycles. The van der Waals surface area contributed by atoms with Crippen LogP contribution in [0.25, 0.3) is 16.9 Å². The average Bonchev–Trinajstić information content (AvgIpc) is 3.22.